The van der Waals surface area contributed by atoms with Gasteiger partial charge in [-0.2, -0.15) is 0 Å². The first-order valence-electron chi connectivity index (χ1n) is 6.26. The van der Waals surface area contributed by atoms with E-state index in [2.05, 4.69) is 15.3 Å². The second-order valence-electron chi connectivity index (χ2n) is 4.35. The Morgan fingerprint density at radius 3 is 2.55 bits per heavy atom. The second-order valence-corrected chi connectivity index (χ2v) is 5.16. The monoisotopic (exact) mass is 333 g/mol. The largest absolute Gasteiger partial charge is 0.432 e. The molecule has 0 aliphatic carbocycles. The number of oxazole rings is 1. The third kappa shape index (κ3) is 3.10. The number of carbonyl (C=O) groups is 1. The van der Waals surface area contributed by atoms with E-state index >= 15 is 0 Å². The molecule has 0 spiro atoms. The summed E-state index contributed by atoms with van der Waals surface area (Å²) in [6.45, 7) is 0. The van der Waals surface area contributed by atoms with Crippen molar-refractivity contribution in [2.45, 2.75) is 0 Å². The standard InChI is InChI=1S/C15H9Cl2N3O2/c16-11-2-1-9(7-12(11)17)10-3-4-18-13(8-10)14(21)20-15-19-5-6-22-15/h1-8H,(H,19,20,21). The lowest BCUT2D eigenvalue weighted by atomic mass is 10.1. The summed E-state index contributed by atoms with van der Waals surface area (Å²) in [5.41, 5.74) is 1.87. The van der Waals surface area contributed by atoms with Crippen LogP contribution in [0.15, 0.2) is 53.4 Å². The van der Waals surface area contributed by atoms with Crippen LogP contribution in [-0.4, -0.2) is 15.9 Å². The van der Waals surface area contributed by atoms with Gasteiger partial charge in [0, 0.05) is 6.20 Å². The molecule has 7 heteroatoms. The Morgan fingerprint density at radius 2 is 1.82 bits per heavy atom. The van der Waals surface area contributed by atoms with Gasteiger partial charge >= 0.3 is 6.01 Å². The van der Waals surface area contributed by atoms with Gasteiger partial charge in [-0.15, -0.1) is 0 Å². The molecular weight excluding hydrogens is 325 g/mol. The highest BCUT2D eigenvalue weighted by atomic mass is 35.5. The van der Waals surface area contributed by atoms with Gasteiger partial charge in [0.15, 0.2) is 0 Å². The first-order valence-corrected chi connectivity index (χ1v) is 7.01. The Bertz CT molecular complexity index is 819. The average Bonchev–Trinajstić information content (AvgIpc) is 3.03. The Balaban J connectivity index is 1.88. The lowest BCUT2D eigenvalue weighted by molar-refractivity contribution is 0.101. The molecule has 110 valence electrons. The minimum absolute atomic E-state index is 0.117. The molecule has 0 aliphatic heterocycles. The number of anilines is 1. The SMILES string of the molecule is O=C(Nc1ncco1)c1cc(-c2ccc(Cl)c(Cl)c2)ccn1. The minimum atomic E-state index is -0.413. The molecule has 1 N–H and O–H groups in total. The number of amides is 1. The van der Waals surface area contributed by atoms with E-state index < -0.39 is 5.91 Å². The van der Waals surface area contributed by atoms with Gasteiger partial charge in [0.25, 0.3) is 5.91 Å². The summed E-state index contributed by atoms with van der Waals surface area (Å²) in [5.74, 6) is -0.413. The smallest absolute Gasteiger partial charge is 0.301 e. The molecule has 2 aromatic heterocycles. The molecule has 0 radical (unpaired) electrons. The zero-order valence-corrected chi connectivity index (χ0v) is 12.6. The van der Waals surface area contributed by atoms with E-state index in [9.17, 15) is 4.79 Å². The van der Waals surface area contributed by atoms with Crippen molar-refractivity contribution in [1.29, 1.82) is 0 Å². The van der Waals surface area contributed by atoms with Gasteiger partial charge in [-0.05, 0) is 35.4 Å². The van der Waals surface area contributed by atoms with Crippen molar-refractivity contribution in [3.05, 3.63) is 64.7 Å². The number of benzene rings is 1. The van der Waals surface area contributed by atoms with Gasteiger partial charge in [-0.3, -0.25) is 15.1 Å². The summed E-state index contributed by atoms with van der Waals surface area (Å²) in [4.78, 5) is 20.0. The van der Waals surface area contributed by atoms with Gasteiger partial charge in [0.2, 0.25) is 0 Å². The van der Waals surface area contributed by atoms with E-state index in [0.717, 1.165) is 11.1 Å². The van der Waals surface area contributed by atoms with Crippen LogP contribution < -0.4 is 5.32 Å². The maximum atomic E-state index is 12.1. The summed E-state index contributed by atoms with van der Waals surface area (Å²) in [6.07, 6.45) is 4.35. The number of rotatable bonds is 3. The molecule has 0 unspecified atom stereocenters. The normalized spacial score (nSPS) is 10.5. The highest BCUT2D eigenvalue weighted by Gasteiger charge is 2.11. The van der Waals surface area contributed by atoms with Crippen molar-refractivity contribution in [3.63, 3.8) is 0 Å². The Morgan fingerprint density at radius 1 is 1.00 bits per heavy atom. The summed E-state index contributed by atoms with van der Waals surface area (Å²) in [5, 5.41) is 3.43. The Labute approximate surface area is 135 Å². The first-order chi connectivity index (χ1) is 10.6. The van der Waals surface area contributed by atoms with E-state index in [4.69, 9.17) is 27.6 Å². The maximum Gasteiger partial charge on any atom is 0.301 e. The molecule has 0 aliphatic rings. The van der Waals surface area contributed by atoms with Crippen molar-refractivity contribution in [1.82, 2.24) is 9.97 Å². The Hall–Kier alpha value is -2.37. The lowest BCUT2D eigenvalue weighted by Crippen LogP contribution is -2.13. The number of aromatic nitrogens is 2. The topological polar surface area (TPSA) is 68.0 Å². The summed E-state index contributed by atoms with van der Waals surface area (Å²) < 4.78 is 4.97. The van der Waals surface area contributed by atoms with Gasteiger partial charge in [-0.1, -0.05) is 29.3 Å². The molecule has 3 rings (SSSR count). The van der Waals surface area contributed by atoms with E-state index in [-0.39, 0.29) is 11.7 Å². The zero-order chi connectivity index (χ0) is 15.5. The zero-order valence-electron chi connectivity index (χ0n) is 11.1. The third-order valence-electron chi connectivity index (χ3n) is 2.90. The van der Waals surface area contributed by atoms with E-state index in [1.807, 2.05) is 6.07 Å². The molecule has 0 fully saturated rings. The predicted molar refractivity (Wildman–Crippen MR) is 84.1 cm³/mol. The molecule has 1 aromatic carbocycles. The molecule has 3 aromatic rings. The quantitative estimate of drug-likeness (QED) is 0.776. The third-order valence-corrected chi connectivity index (χ3v) is 3.64. The molecular formula is C15H9Cl2N3O2. The summed E-state index contributed by atoms with van der Waals surface area (Å²) in [7, 11) is 0. The number of hydrogen-bond acceptors (Lipinski definition) is 4. The van der Waals surface area contributed by atoms with Crippen molar-refractivity contribution >= 4 is 35.1 Å². The van der Waals surface area contributed by atoms with Crippen molar-refractivity contribution in [2.75, 3.05) is 5.32 Å². The molecule has 0 saturated carbocycles. The van der Waals surface area contributed by atoms with Crippen LogP contribution in [0.1, 0.15) is 10.5 Å². The second kappa shape index (κ2) is 6.17. The maximum absolute atomic E-state index is 12.1. The fourth-order valence-corrected chi connectivity index (χ4v) is 2.15. The molecule has 22 heavy (non-hydrogen) atoms. The molecule has 1 amide bonds. The van der Waals surface area contributed by atoms with Crippen LogP contribution in [0.5, 0.6) is 0 Å². The van der Waals surface area contributed by atoms with Crippen LogP contribution in [-0.2, 0) is 0 Å². The van der Waals surface area contributed by atoms with E-state index in [1.165, 1.54) is 12.5 Å². The number of halogens is 2. The van der Waals surface area contributed by atoms with Crippen LogP contribution in [0, 0.1) is 0 Å². The van der Waals surface area contributed by atoms with Gasteiger partial charge < -0.3 is 4.42 Å². The highest BCUT2D eigenvalue weighted by Crippen LogP contribution is 2.28. The number of nitrogens with zero attached hydrogens (tertiary/aromatic N) is 2. The summed E-state index contributed by atoms with van der Waals surface area (Å²) >= 11 is 11.9. The molecule has 5 nitrogen and oxygen atoms in total. The van der Waals surface area contributed by atoms with Crippen molar-refractivity contribution in [2.24, 2.45) is 0 Å². The van der Waals surface area contributed by atoms with Gasteiger partial charge in [0.1, 0.15) is 12.0 Å². The average molecular weight is 334 g/mol. The van der Waals surface area contributed by atoms with Gasteiger partial charge in [-0.25, -0.2) is 4.98 Å². The van der Waals surface area contributed by atoms with E-state index in [1.54, 1.807) is 30.5 Å². The summed E-state index contributed by atoms with van der Waals surface area (Å²) in [6, 6.07) is 8.80. The predicted octanol–water partition coefficient (Wildman–Crippen LogP) is 4.30. The van der Waals surface area contributed by atoms with Crippen LogP contribution in [0.25, 0.3) is 11.1 Å². The minimum Gasteiger partial charge on any atom is -0.432 e. The van der Waals surface area contributed by atoms with Crippen LogP contribution >= 0.6 is 23.2 Å². The fraction of sp³-hybridized carbons (Fsp3) is 0. The molecule has 0 bridgehead atoms. The molecule has 0 atom stereocenters. The lowest BCUT2D eigenvalue weighted by Gasteiger charge is -2.06. The Kier molecular flexibility index (Phi) is 4.09. The number of carbonyl (C=O) groups excluding carboxylic acids is 1. The highest BCUT2D eigenvalue weighted by molar-refractivity contribution is 6.42. The van der Waals surface area contributed by atoms with Crippen molar-refractivity contribution < 1.29 is 9.21 Å². The van der Waals surface area contributed by atoms with E-state index in [0.29, 0.717) is 10.0 Å². The first kappa shape index (κ1) is 14.6. The number of nitrogens with one attached hydrogen (secondary N) is 1. The van der Waals surface area contributed by atoms with Crippen LogP contribution in [0.2, 0.25) is 10.0 Å². The molecule has 0 saturated heterocycles. The number of hydrogen-bond donors (Lipinski definition) is 1. The van der Waals surface area contributed by atoms with Gasteiger partial charge in [0.05, 0.1) is 16.2 Å². The fourth-order valence-electron chi connectivity index (χ4n) is 1.86. The van der Waals surface area contributed by atoms with Crippen LogP contribution in [0.3, 0.4) is 0 Å². The van der Waals surface area contributed by atoms with Crippen molar-refractivity contribution in [3.8, 4) is 11.1 Å². The number of pyridine rings is 1. The van der Waals surface area contributed by atoms with Crippen LogP contribution in [0.4, 0.5) is 6.01 Å². The molecule has 2 heterocycles.